The van der Waals surface area contributed by atoms with Crippen molar-refractivity contribution in [3.8, 4) is 5.75 Å². The van der Waals surface area contributed by atoms with E-state index in [1.165, 1.54) is 44.1 Å². The number of hydrogen-bond acceptors (Lipinski definition) is 2. The zero-order chi connectivity index (χ0) is 14.4. The summed E-state index contributed by atoms with van der Waals surface area (Å²) in [5.74, 6) is 1.93. The molecular weight excluding hydrogens is 314 g/mol. The van der Waals surface area contributed by atoms with Gasteiger partial charge < -0.3 is 10.1 Å². The largest absolute Gasteiger partial charge is 0.496 e. The van der Waals surface area contributed by atoms with Gasteiger partial charge in [-0.05, 0) is 43.5 Å². The maximum absolute atomic E-state index is 5.54. The Kier molecular flexibility index (Phi) is 6.37. The van der Waals surface area contributed by atoms with Crippen LogP contribution in [0.25, 0.3) is 0 Å². The minimum Gasteiger partial charge on any atom is -0.496 e. The first-order valence-corrected chi connectivity index (χ1v) is 8.60. The van der Waals surface area contributed by atoms with Crippen LogP contribution in [0.5, 0.6) is 5.75 Å². The molecule has 0 spiro atoms. The maximum Gasteiger partial charge on any atom is 0.123 e. The summed E-state index contributed by atoms with van der Waals surface area (Å²) in [5, 5.41) is 3.62. The molecule has 0 bridgehead atoms. The molecule has 1 aliphatic carbocycles. The zero-order valence-electron chi connectivity index (χ0n) is 12.6. The lowest BCUT2D eigenvalue weighted by atomic mass is 9.94. The van der Waals surface area contributed by atoms with Gasteiger partial charge in [-0.2, -0.15) is 0 Å². The van der Waals surface area contributed by atoms with Crippen LogP contribution in [0.15, 0.2) is 22.7 Å². The minimum absolute atomic E-state index is 0.396. The molecular formula is C17H26BrNO. The van der Waals surface area contributed by atoms with Crippen molar-refractivity contribution in [2.75, 3.05) is 13.7 Å². The summed E-state index contributed by atoms with van der Waals surface area (Å²) in [4.78, 5) is 0. The summed E-state index contributed by atoms with van der Waals surface area (Å²) >= 11 is 3.58. The number of halogens is 1. The molecule has 1 fully saturated rings. The Labute approximate surface area is 131 Å². The molecule has 2 nitrogen and oxygen atoms in total. The number of ether oxygens (including phenoxy) is 1. The Balaban J connectivity index is 2.07. The van der Waals surface area contributed by atoms with Gasteiger partial charge in [-0.3, -0.25) is 0 Å². The Morgan fingerprint density at radius 3 is 2.75 bits per heavy atom. The van der Waals surface area contributed by atoms with Crippen LogP contribution in [-0.4, -0.2) is 13.7 Å². The summed E-state index contributed by atoms with van der Waals surface area (Å²) in [6.45, 7) is 3.16. The first-order valence-electron chi connectivity index (χ1n) is 7.81. The second-order valence-corrected chi connectivity index (χ2v) is 6.64. The number of rotatable bonds is 7. The molecule has 1 aliphatic rings. The highest BCUT2D eigenvalue weighted by molar-refractivity contribution is 9.10. The topological polar surface area (TPSA) is 21.3 Å². The number of benzene rings is 1. The van der Waals surface area contributed by atoms with Gasteiger partial charge in [0.05, 0.1) is 7.11 Å². The minimum atomic E-state index is 0.396. The number of nitrogens with one attached hydrogen (secondary N) is 1. The van der Waals surface area contributed by atoms with Crippen molar-refractivity contribution in [3.63, 3.8) is 0 Å². The summed E-state index contributed by atoms with van der Waals surface area (Å²) in [7, 11) is 1.76. The SMILES string of the molecule is CCNC(CCC1CCCC1)c1cc(Br)ccc1OC. The quantitative estimate of drug-likeness (QED) is 0.747. The first kappa shape index (κ1) is 15.8. The molecule has 1 unspecified atom stereocenters. The molecule has 0 saturated heterocycles. The third kappa shape index (κ3) is 4.23. The van der Waals surface area contributed by atoms with E-state index in [0.717, 1.165) is 22.7 Å². The van der Waals surface area contributed by atoms with Crippen molar-refractivity contribution in [1.29, 1.82) is 0 Å². The summed E-state index contributed by atoms with van der Waals surface area (Å²) in [5.41, 5.74) is 1.28. The Bertz CT molecular complexity index is 415. The van der Waals surface area contributed by atoms with Crippen LogP contribution in [0.1, 0.15) is 57.1 Å². The van der Waals surface area contributed by atoms with E-state index in [1.807, 2.05) is 6.07 Å². The van der Waals surface area contributed by atoms with Crippen LogP contribution in [0, 0.1) is 5.92 Å². The summed E-state index contributed by atoms with van der Waals surface area (Å²) in [6, 6.07) is 6.69. The predicted octanol–water partition coefficient (Wildman–Crippen LogP) is 5.08. The molecule has 0 heterocycles. The monoisotopic (exact) mass is 339 g/mol. The van der Waals surface area contributed by atoms with Gasteiger partial charge in [0.15, 0.2) is 0 Å². The van der Waals surface area contributed by atoms with E-state index in [0.29, 0.717) is 6.04 Å². The highest BCUT2D eigenvalue weighted by Gasteiger charge is 2.20. The van der Waals surface area contributed by atoms with Crippen LogP contribution in [0.2, 0.25) is 0 Å². The third-order valence-electron chi connectivity index (χ3n) is 4.36. The lowest BCUT2D eigenvalue weighted by Crippen LogP contribution is -2.22. The van der Waals surface area contributed by atoms with Gasteiger partial charge in [-0.1, -0.05) is 48.5 Å². The molecule has 1 aromatic carbocycles. The smallest absolute Gasteiger partial charge is 0.123 e. The van der Waals surface area contributed by atoms with Gasteiger partial charge >= 0.3 is 0 Å². The lowest BCUT2D eigenvalue weighted by Gasteiger charge is -2.22. The van der Waals surface area contributed by atoms with E-state index >= 15 is 0 Å². The molecule has 0 radical (unpaired) electrons. The fourth-order valence-electron chi connectivity index (χ4n) is 3.29. The Hall–Kier alpha value is -0.540. The van der Waals surface area contributed by atoms with Gasteiger partial charge in [-0.25, -0.2) is 0 Å². The fraction of sp³-hybridized carbons (Fsp3) is 0.647. The molecule has 112 valence electrons. The highest BCUT2D eigenvalue weighted by atomic mass is 79.9. The van der Waals surface area contributed by atoms with Crippen LogP contribution in [0.3, 0.4) is 0 Å². The van der Waals surface area contributed by atoms with Crippen LogP contribution >= 0.6 is 15.9 Å². The molecule has 0 aromatic heterocycles. The van der Waals surface area contributed by atoms with Crippen molar-refractivity contribution in [1.82, 2.24) is 5.32 Å². The Morgan fingerprint density at radius 1 is 1.35 bits per heavy atom. The summed E-state index contributed by atoms with van der Waals surface area (Å²) < 4.78 is 6.66. The first-order chi connectivity index (χ1) is 9.74. The van der Waals surface area contributed by atoms with Crippen LogP contribution in [-0.2, 0) is 0 Å². The molecule has 1 N–H and O–H groups in total. The van der Waals surface area contributed by atoms with Gasteiger partial charge in [0.1, 0.15) is 5.75 Å². The standard InChI is InChI=1S/C17H26BrNO/c1-3-19-16(10-8-13-6-4-5-7-13)15-12-14(18)9-11-17(15)20-2/h9,11-13,16,19H,3-8,10H2,1-2H3. The summed E-state index contributed by atoms with van der Waals surface area (Å²) in [6.07, 6.45) is 8.23. The van der Waals surface area contributed by atoms with Crippen molar-refractivity contribution in [2.45, 2.75) is 51.5 Å². The van der Waals surface area contributed by atoms with Crippen molar-refractivity contribution >= 4 is 15.9 Å². The molecule has 0 amide bonds. The van der Waals surface area contributed by atoms with E-state index in [2.05, 4.69) is 40.3 Å². The number of methoxy groups -OCH3 is 1. The van der Waals surface area contributed by atoms with Crippen LogP contribution < -0.4 is 10.1 Å². The molecule has 2 rings (SSSR count). The molecule has 1 aromatic rings. The van der Waals surface area contributed by atoms with E-state index in [4.69, 9.17) is 4.74 Å². The normalized spacial score (nSPS) is 17.4. The van der Waals surface area contributed by atoms with Crippen molar-refractivity contribution < 1.29 is 4.74 Å². The second kappa shape index (κ2) is 8.04. The molecule has 1 saturated carbocycles. The van der Waals surface area contributed by atoms with E-state index in [1.54, 1.807) is 7.11 Å². The van der Waals surface area contributed by atoms with E-state index in [9.17, 15) is 0 Å². The van der Waals surface area contributed by atoms with Crippen LogP contribution in [0.4, 0.5) is 0 Å². The molecule has 20 heavy (non-hydrogen) atoms. The molecule has 3 heteroatoms. The average molecular weight is 340 g/mol. The van der Waals surface area contributed by atoms with Gasteiger partial charge in [0.25, 0.3) is 0 Å². The molecule has 0 aliphatic heterocycles. The zero-order valence-corrected chi connectivity index (χ0v) is 14.2. The van der Waals surface area contributed by atoms with Gasteiger partial charge in [0, 0.05) is 16.1 Å². The van der Waals surface area contributed by atoms with Gasteiger partial charge in [-0.15, -0.1) is 0 Å². The van der Waals surface area contributed by atoms with Gasteiger partial charge in [0.2, 0.25) is 0 Å². The Morgan fingerprint density at radius 2 is 2.10 bits per heavy atom. The molecule has 1 atom stereocenters. The van der Waals surface area contributed by atoms with Crippen molar-refractivity contribution in [2.24, 2.45) is 5.92 Å². The van der Waals surface area contributed by atoms with E-state index < -0.39 is 0 Å². The highest BCUT2D eigenvalue weighted by Crippen LogP contribution is 2.35. The third-order valence-corrected chi connectivity index (χ3v) is 4.85. The second-order valence-electron chi connectivity index (χ2n) is 5.72. The average Bonchev–Trinajstić information content (AvgIpc) is 2.96. The van der Waals surface area contributed by atoms with Crippen molar-refractivity contribution in [3.05, 3.63) is 28.2 Å². The van der Waals surface area contributed by atoms with E-state index in [-0.39, 0.29) is 0 Å². The number of hydrogen-bond donors (Lipinski definition) is 1. The lowest BCUT2D eigenvalue weighted by molar-refractivity contribution is 0.381. The maximum atomic E-state index is 5.54. The predicted molar refractivity (Wildman–Crippen MR) is 88.3 cm³/mol. The fourth-order valence-corrected chi connectivity index (χ4v) is 3.67.